The van der Waals surface area contributed by atoms with Crippen LogP contribution in [0.4, 0.5) is 0 Å². The molecule has 1 amide bonds. The average molecular weight is 305 g/mol. The molecule has 0 aliphatic rings. The van der Waals surface area contributed by atoms with E-state index in [0.29, 0.717) is 13.0 Å². The number of hydrogen-bond acceptors (Lipinski definition) is 3. The van der Waals surface area contributed by atoms with Crippen LogP contribution in [-0.4, -0.2) is 37.0 Å². The summed E-state index contributed by atoms with van der Waals surface area (Å²) < 4.78 is 0. The van der Waals surface area contributed by atoms with Crippen LogP contribution in [0.15, 0.2) is 24.3 Å². The quantitative estimate of drug-likeness (QED) is 0.776. The highest BCUT2D eigenvalue weighted by Crippen LogP contribution is 2.19. The first-order chi connectivity index (χ1) is 10.3. The van der Waals surface area contributed by atoms with Crippen LogP contribution in [0.2, 0.25) is 0 Å². The number of amides is 1. The second-order valence-corrected chi connectivity index (χ2v) is 6.45. The summed E-state index contributed by atoms with van der Waals surface area (Å²) in [6, 6.07) is 8.73. The summed E-state index contributed by atoms with van der Waals surface area (Å²) in [4.78, 5) is 14.4. The van der Waals surface area contributed by atoms with Crippen molar-refractivity contribution < 1.29 is 4.79 Å². The minimum Gasteiger partial charge on any atom is -0.353 e. The van der Waals surface area contributed by atoms with Gasteiger partial charge in [-0.3, -0.25) is 4.79 Å². The normalized spacial score (nSPS) is 15.4. The Hall–Kier alpha value is -1.39. The molecule has 4 nitrogen and oxygen atoms in total. The van der Waals surface area contributed by atoms with Crippen molar-refractivity contribution in [1.82, 2.24) is 10.2 Å². The third-order valence-electron chi connectivity index (χ3n) is 4.14. The number of rotatable bonds is 8. The molecule has 1 rings (SSSR count). The Morgan fingerprint density at radius 1 is 1.27 bits per heavy atom. The van der Waals surface area contributed by atoms with E-state index >= 15 is 0 Å². The van der Waals surface area contributed by atoms with Gasteiger partial charge < -0.3 is 16.0 Å². The van der Waals surface area contributed by atoms with E-state index in [1.54, 1.807) is 6.92 Å². The Kier molecular flexibility index (Phi) is 7.04. The van der Waals surface area contributed by atoms with E-state index in [0.717, 1.165) is 12.8 Å². The number of likely N-dealkylation sites (N-methyl/N-ethyl adjacent to an activating group) is 1. The average Bonchev–Trinajstić information content (AvgIpc) is 2.47. The molecule has 2 atom stereocenters. The Labute approximate surface area is 135 Å². The molecular weight excluding hydrogens is 274 g/mol. The molecule has 3 N–H and O–H groups in total. The van der Waals surface area contributed by atoms with Gasteiger partial charge in [-0.05, 0) is 45.0 Å². The molecular formula is C18H31N3O. The molecule has 0 saturated heterocycles. The highest BCUT2D eigenvalue weighted by molar-refractivity contribution is 5.85. The minimum absolute atomic E-state index is 0.0774. The molecule has 2 unspecified atom stereocenters. The largest absolute Gasteiger partial charge is 0.353 e. The van der Waals surface area contributed by atoms with E-state index in [9.17, 15) is 4.79 Å². The van der Waals surface area contributed by atoms with Crippen LogP contribution in [-0.2, 0) is 11.2 Å². The predicted molar refractivity (Wildman–Crippen MR) is 92.8 cm³/mol. The second kappa shape index (κ2) is 8.30. The molecule has 1 aromatic carbocycles. The van der Waals surface area contributed by atoms with Gasteiger partial charge in [0.1, 0.15) is 0 Å². The fraction of sp³-hybridized carbons (Fsp3) is 0.611. The van der Waals surface area contributed by atoms with Gasteiger partial charge in [0.25, 0.3) is 0 Å². The van der Waals surface area contributed by atoms with Gasteiger partial charge in [-0.1, -0.05) is 44.5 Å². The van der Waals surface area contributed by atoms with Gasteiger partial charge >= 0.3 is 0 Å². The van der Waals surface area contributed by atoms with E-state index in [2.05, 4.69) is 41.4 Å². The third kappa shape index (κ3) is 5.11. The van der Waals surface area contributed by atoms with Crippen LogP contribution in [0.5, 0.6) is 0 Å². The van der Waals surface area contributed by atoms with Crippen LogP contribution in [0.25, 0.3) is 0 Å². The van der Waals surface area contributed by atoms with Crippen molar-refractivity contribution in [3.63, 3.8) is 0 Å². The molecule has 0 aliphatic heterocycles. The molecule has 0 aliphatic carbocycles. The molecule has 4 heteroatoms. The van der Waals surface area contributed by atoms with Gasteiger partial charge in [0.15, 0.2) is 0 Å². The van der Waals surface area contributed by atoms with Crippen molar-refractivity contribution >= 4 is 5.91 Å². The van der Waals surface area contributed by atoms with Crippen LogP contribution in [0, 0.1) is 0 Å². The van der Waals surface area contributed by atoms with Crippen LogP contribution in [0.1, 0.15) is 50.8 Å². The molecule has 0 bridgehead atoms. The number of nitrogens with one attached hydrogen (secondary N) is 1. The Morgan fingerprint density at radius 2 is 1.86 bits per heavy atom. The van der Waals surface area contributed by atoms with Crippen molar-refractivity contribution in [2.24, 2.45) is 5.73 Å². The van der Waals surface area contributed by atoms with Gasteiger partial charge in [-0.25, -0.2) is 0 Å². The zero-order chi connectivity index (χ0) is 16.8. The standard InChI is InChI=1S/C18H31N3O/c1-6-12-18(3,19)17(22)20-13-16(21(4)5)15-10-8-14(7-2)9-11-15/h8-11,16H,6-7,12-13,19H2,1-5H3,(H,20,22). The lowest BCUT2D eigenvalue weighted by Gasteiger charge is -2.28. The van der Waals surface area contributed by atoms with E-state index < -0.39 is 5.54 Å². The smallest absolute Gasteiger partial charge is 0.239 e. The van der Waals surface area contributed by atoms with Crippen molar-refractivity contribution in [2.75, 3.05) is 20.6 Å². The van der Waals surface area contributed by atoms with E-state index in [1.165, 1.54) is 11.1 Å². The fourth-order valence-corrected chi connectivity index (χ4v) is 2.60. The number of carbonyl (C=O) groups excluding carboxylic acids is 1. The van der Waals surface area contributed by atoms with E-state index in [4.69, 9.17) is 5.73 Å². The molecule has 0 saturated carbocycles. The molecule has 1 aromatic rings. The Bertz CT molecular complexity index is 466. The Balaban J connectivity index is 2.74. The van der Waals surface area contributed by atoms with Crippen molar-refractivity contribution in [3.8, 4) is 0 Å². The van der Waals surface area contributed by atoms with Gasteiger partial charge in [-0.15, -0.1) is 0 Å². The van der Waals surface area contributed by atoms with Crippen molar-refractivity contribution in [2.45, 2.75) is 51.6 Å². The summed E-state index contributed by atoms with van der Waals surface area (Å²) in [6.07, 6.45) is 2.62. The summed E-state index contributed by atoms with van der Waals surface area (Å²) in [5.74, 6) is -0.0774. The number of carbonyl (C=O) groups is 1. The summed E-state index contributed by atoms with van der Waals surface area (Å²) in [7, 11) is 4.05. The maximum Gasteiger partial charge on any atom is 0.239 e. The first-order valence-electron chi connectivity index (χ1n) is 8.14. The predicted octanol–water partition coefficient (Wildman–Crippen LogP) is 2.49. The molecule has 22 heavy (non-hydrogen) atoms. The monoisotopic (exact) mass is 305 g/mol. The van der Waals surface area contributed by atoms with Crippen LogP contribution in [0.3, 0.4) is 0 Å². The number of hydrogen-bond donors (Lipinski definition) is 2. The topological polar surface area (TPSA) is 58.4 Å². The number of nitrogens with two attached hydrogens (primary N) is 1. The third-order valence-corrected chi connectivity index (χ3v) is 4.14. The zero-order valence-electron chi connectivity index (χ0n) is 14.6. The molecule has 124 valence electrons. The summed E-state index contributed by atoms with van der Waals surface area (Å²) in [5, 5.41) is 3.01. The minimum atomic E-state index is -0.794. The molecule has 0 radical (unpaired) electrons. The van der Waals surface area contributed by atoms with E-state index in [1.807, 2.05) is 21.0 Å². The lowest BCUT2D eigenvalue weighted by molar-refractivity contribution is -0.126. The molecule has 0 heterocycles. The lowest BCUT2D eigenvalue weighted by Crippen LogP contribution is -2.52. The fourth-order valence-electron chi connectivity index (χ4n) is 2.60. The molecule has 0 aromatic heterocycles. The SMILES string of the molecule is CCCC(C)(N)C(=O)NCC(c1ccc(CC)cc1)N(C)C. The highest BCUT2D eigenvalue weighted by atomic mass is 16.2. The second-order valence-electron chi connectivity index (χ2n) is 6.45. The number of aryl methyl sites for hydroxylation is 1. The van der Waals surface area contributed by atoms with Crippen LogP contribution < -0.4 is 11.1 Å². The van der Waals surface area contributed by atoms with Gasteiger partial charge in [0, 0.05) is 6.54 Å². The summed E-state index contributed by atoms with van der Waals surface area (Å²) in [5.41, 5.74) is 7.82. The first-order valence-corrected chi connectivity index (χ1v) is 8.14. The maximum absolute atomic E-state index is 12.3. The summed E-state index contributed by atoms with van der Waals surface area (Å²) in [6.45, 7) is 6.55. The van der Waals surface area contributed by atoms with Crippen molar-refractivity contribution in [3.05, 3.63) is 35.4 Å². The van der Waals surface area contributed by atoms with Crippen LogP contribution >= 0.6 is 0 Å². The zero-order valence-corrected chi connectivity index (χ0v) is 14.6. The molecule has 0 fully saturated rings. The van der Waals surface area contributed by atoms with Gasteiger partial charge in [0.05, 0.1) is 11.6 Å². The Morgan fingerprint density at radius 3 is 2.32 bits per heavy atom. The first kappa shape index (κ1) is 18.7. The lowest BCUT2D eigenvalue weighted by atomic mass is 9.96. The number of nitrogens with zero attached hydrogens (tertiary/aromatic N) is 1. The van der Waals surface area contributed by atoms with E-state index in [-0.39, 0.29) is 11.9 Å². The molecule has 0 spiro atoms. The van der Waals surface area contributed by atoms with Gasteiger partial charge in [-0.2, -0.15) is 0 Å². The highest BCUT2D eigenvalue weighted by Gasteiger charge is 2.27. The van der Waals surface area contributed by atoms with Gasteiger partial charge in [0.2, 0.25) is 5.91 Å². The maximum atomic E-state index is 12.3. The van der Waals surface area contributed by atoms with Crippen molar-refractivity contribution in [1.29, 1.82) is 0 Å². The number of benzene rings is 1. The summed E-state index contributed by atoms with van der Waals surface area (Å²) >= 11 is 0.